The molecule has 3 heteroatoms. The topological polar surface area (TPSA) is 18.5 Å². The molecule has 0 fully saturated rings. The lowest BCUT2D eigenvalue weighted by Gasteiger charge is -2.10. The van der Waals surface area contributed by atoms with Crippen molar-refractivity contribution in [1.82, 2.24) is 0 Å². The van der Waals surface area contributed by atoms with Crippen LogP contribution in [0.5, 0.6) is 11.5 Å². The first-order valence-corrected chi connectivity index (χ1v) is 5.64. The molecule has 0 bridgehead atoms. The lowest BCUT2D eigenvalue weighted by Crippen LogP contribution is -1.92. The van der Waals surface area contributed by atoms with Crippen LogP contribution in [0.25, 0.3) is 11.1 Å². The molecule has 0 unspecified atom stereocenters. The zero-order valence-electron chi connectivity index (χ0n) is 10.7. The van der Waals surface area contributed by atoms with Crippen molar-refractivity contribution >= 4 is 0 Å². The van der Waals surface area contributed by atoms with E-state index in [1.54, 1.807) is 32.4 Å². The second kappa shape index (κ2) is 5.08. The van der Waals surface area contributed by atoms with Crippen LogP contribution >= 0.6 is 0 Å². The van der Waals surface area contributed by atoms with E-state index in [-0.39, 0.29) is 5.82 Å². The normalized spacial score (nSPS) is 10.2. The quantitative estimate of drug-likeness (QED) is 0.819. The molecule has 0 amide bonds. The van der Waals surface area contributed by atoms with Gasteiger partial charge in [-0.05, 0) is 36.2 Å². The van der Waals surface area contributed by atoms with Crippen molar-refractivity contribution < 1.29 is 13.9 Å². The van der Waals surface area contributed by atoms with Crippen LogP contribution in [0.2, 0.25) is 0 Å². The third kappa shape index (κ3) is 2.30. The number of methoxy groups -OCH3 is 2. The Labute approximate surface area is 106 Å². The third-order valence-electron chi connectivity index (χ3n) is 2.82. The van der Waals surface area contributed by atoms with Crippen molar-refractivity contribution in [1.29, 1.82) is 0 Å². The molecule has 0 aliphatic rings. The fourth-order valence-electron chi connectivity index (χ4n) is 1.86. The lowest BCUT2D eigenvalue weighted by molar-refractivity contribution is 0.355. The average Bonchev–Trinajstić information content (AvgIpc) is 2.38. The molecule has 0 radical (unpaired) electrons. The van der Waals surface area contributed by atoms with Gasteiger partial charge in [-0.15, -0.1) is 0 Å². The van der Waals surface area contributed by atoms with Crippen LogP contribution in [0.15, 0.2) is 36.4 Å². The van der Waals surface area contributed by atoms with Gasteiger partial charge in [0.2, 0.25) is 0 Å². The summed E-state index contributed by atoms with van der Waals surface area (Å²) < 4.78 is 24.3. The predicted octanol–water partition coefficient (Wildman–Crippen LogP) is 3.82. The Morgan fingerprint density at radius 1 is 0.889 bits per heavy atom. The summed E-state index contributed by atoms with van der Waals surface area (Å²) in [6, 6.07) is 10.5. The summed E-state index contributed by atoms with van der Waals surface area (Å²) in [4.78, 5) is 0. The number of benzene rings is 2. The van der Waals surface area contributed by atoms with E-state index in [1.807, 2.05) is 19.1 Å². The van der Waals surface area contributed by atoms with Crippen LogP contribution in [0.1, 0.15) is 5.56 Å². The van der Waals surface area contributed by atoms with Crippen molar-refractivity contribution in [3.05, 3.63) is 47.8 Å². The van der Waals surface area contributed by atoms with E-state index in [4.69, 9.17) is 9.47 Å². The van der Waals surface area contributed by atoms with Crippen LogP contribution in [-0.2, 0) is 0 Å². The summed E-state index contributed by atoms with van der Waals surface area (Å²) in [6.45, 7) is 1.86. The van der Waals surface area contributed by atoms with Crippen LogP contribution in [0.3, 0.4) is 0 Å². The maximum Gasteiger partial charge on any atom is 0.161 e. The molecule has 2 rings (SSSR count). The Kier molecular flexibility index (Phi) is 3.51. The van der Waals surface area contributed by atoms with Crippen molar-refractivity contribution in [3.8, 4) is 22.6 Å². The van der Waals surface area contributed by atoms with Crippen LogP contribution < -0.4 is 9.47 Å². The van der Waals surface area contributed by atoms with Gasteiger partial charge in [-0.1, -0.05) is 18.2 Å². The van der Waals surface area contributed by atoms with E-state index in [9.17, 15) is 4.39 Å². The van der Waals surface area contributed by atoms with Gasteiger partial charge in [0.1, 0.15) is 5.82 Å². The molecule has 18 heavy (non-hydrogen) atoms. The first-order chi connectivity index (χ1) is 8.65. The monoisotopic (exact) mass is 246 g/mol. The number of aryl methyl sites for hydroxylation is 1. The van der Waals surface area contributed by atoms with E-state index < -0.39 is 0 Å². The Morgan fingerprint density at radius 2 is 1.61 bits per heavy atom. The van der Waals surface area contributed by atoms with Gasteiger partial charge in [-0.25, -0.2) is 4.39 Å². The highest BCUT2D eigenvalue weighted by atomic mass is 19.1. The van der Waals surface area contributed by atoms with E-state index in [1.165, 1.54) is 6.07 Å². The van der Waals surface area contributed by atoms with Crippen molar-refractivity contribution in [2.24, 2.45) is 0 Å². The molecule has 0 N–H and O–H groups in total. The predicted molar refractivity (Wildman–Crippen MR) is 69.7 cm³/mol. The number of hydrogen-bond acceptors (Lipinski definition) is 2. The highest BCUT2D eigenvalue weighted by Gasteiger charge is 2.09. The second-order valence-electron chi connectivity index (χ2n) is 4.05. The average molecular weight is 246 g/mol. The Balaban J connectivity index is 2.51. The molecule has 0 saturated carbocycles. The maximum atomic E-state index is 13.9. The zero-order valence-corrected chi connectivity index (χ0v) is 10.7. The number of ether oxygens (including phenoxy) is 2. The smallest absolute Gasteiger partial charge is 0.161 e. The van der Waals surface area contributed by atoms with Gasteiger partial charge in [-0.3, -0.25) is 0 Å². The van der Waals surface area contributed by atoms with Gasteiger partial charge in [0.15, 0.2) is 11.5 Å². The molecule has 2 aromatic rings. The van der Waals surface area contributed by atoms with Crippen LogP contribution in [-0.4, -0.2) is 14.2 Å². The SMILES string of the molecule is COc1ccc(-c2ccc(C)cc2F)cc1OC. The minimum Gasteiger partial charge on any atom is -0.493 e. The van der Waals surface area contributed by atoms with E-state index in [0.29, 0.717) is 17.1 Å². The summed E-state index contributed by atoms with van der Waals surface area (Å²) >= 11 is 0. The third-order valence-corrected chi connectivity index (χ3v) is 2.82. The molecule has 0 aliphatic heterocycles. The Hall–Kier alpha value is -2.03. The molecule has 2 aromatic carbocycles. The van der Waals surface area contributed by atoms with Crippen molar-refractivity contribution in [2.75, 3.05) is 14.2 Å². The van der Waals surface area contributed by atoms with Crippen molar-refractivity contribution in [2.45, 2.75) is 6.92 Å². The van der Waals surface area contributed by atoms with Gasteiger partial charge < -0.3 is 9.47 Å². The van der Waals surface area contributed by atoms with Gasteiger partial charge in [-0.2, -0.15) is 0 Å². The fourth-order valence-corrected chi connectivity index (χ4v) is 1.86. The second-order valence-corrected chi connectivity index (χ2v) is 4.05. The lowest BCUT2D eigenvalue weighted by atomic mass is 10.0. The molecular weight excluding hydrogens is 231 g/mol. The molecule has 94 valence electrons. The van der Waals surface area contributed by atoms with Gasteiger partial charge in [0, 0.05) is 5.56 Å². The highest BCUT2D eigenvalue weighted by Crippen LogP contribution is 2.33. The van der Waals surface area contributed by atoms with Crippen LogP contribution in [0.4, 0.5) is 4.39 Å². The number of rotatable bonds is 3. The minimum atomic E-state index is -0.234. The Morgan fingerprint density at radius 3 is 2.22 bits per heavy atom. The molecule has 0 spiro atoms. The molecule has 0 aliphatic carbocycles. The number of hydrogen-bond donors (Lipinski definition) is 0. The van der Waals surface area contributed by atoms with E-state index >= 15 is 0 Å². The minimum absolute atomic E-state index is 0.234. The van der Waals surface area contributed by atoms with Crippen molar-refractivity contribution in [3.63, 3.8) is 0 Å². The molecule has 0 saturated heterocycles. The molecule has 0 aromatic heterocycles. The summed E-state index contributed by atoms with van der Waals surface area (Å²) in [5, 5.41) is 0. The first kappa shape index (κ1) is 12.4. The number of halogens is 1. The highest BCUT2D eigenvalue weighted by molar-refractivity contribution is 5.68. The van der Waals surface area contributed by atoms with Gasteiger partial charge in [0.25, 0.3) is 0 Å². The van der Waals surface area contributed by atoms with E-state index in [2.05, 4.69) is 0 Å². The van der Waals surface area contributed by atoms with Crippen LogP contribution in [0, 0.1) is 12.7 Å². The fraction of sp³-hybridized carbons (Fsp3) is 0.200. The maximum absolute atomic E-state index is 13.9. The summed E-state index contributed by atoms with van der Waals surface area (Å²) in [6.07, 6.45) is 0. The van der Waals surface area contributed by atoms with Gasteiger partial charge in [0.05, 0.1) is 14.2 Å². The summed E-state index contributed by atoms with van der Waals surface area (Å²) in [5.74, 6) is 0.992. The van der Waals surface area contributed by atoms with E-state index in [0.717, 1.165) is 11.1 Å². The molecule has 2 nitrogen and oxygen atoms in total. The first-order valence-electron chi connectivity index (χ1n) is 5.64. The molecule has 0 heterocycles. The Bertz CT molecular complexity index is 564. The zero-order chi connectivity index (χ0) is 13.1. The van der Waals surface area contributed by atoms with Gasteiger partial charge >= 0.3 is 0 Å². The molecular formula is C15H15FO2. The largest absolute Gasteiger partial charge is 0.493 e. The summed E-state index contributed by atoms with van der Waals surface area (Å²) in [7, 11) is 3.14. The summed E-state index contributed by atoms with van der Waals surface area (Å²) in [5.41, 5.74) is 2.23. The molecule has 0 atom stereocenters. The standard InChI is InChI=1S/C15H15FO2/c1-10-4-6-12(13(16)8-10)11-5-7-14(17-2)15(9-11)18-3/h4-9H,1-3H3.